The van der Waals surface area contributed by atoms with Crippen LogP contribution in [0.3, 0.4) is 0 Å². The Morgan fingerprint density at radius 3 is 2.59 bits per heavy atom. The van der Waals surface area contributed by atoms with E-state index in [1.807, 2.05) is 18.2 Å². The fraction of sp³-hybridized carbons (Fsp3) is 0.267. The highest BCUT2D eigenvalue weighted by atomic mass is 16.5. The van der Waals surface area contributed by atoms with E-state index >= 15 is 0 Å². The fourth-order valence-electron chi connectivity index (χ4n) is 1.60. The second-order valence-electron chi connectivity index (χ2n) is 3.81. The van der Waals surface area contributed by atoms with Gasteiger partial charge in [-0.1, -0.05) is 43.0 Å². The van der Waals surface area contributed by atoms with Crippen molar-refractivity contribution in [1.82, 2.24) is 0 Å². The van der Waals surface area contributed by atoms with E-state index in [4.69, 9.17) is 4.74 Å². The number of hydrogen-bond acceptors (Lipinski definition) is 2. The number of benzene rings is 1. The number of hydrogen-bond donors (Lipinski definition) is 0. The maximum atomic E-state index is 11.1. The highest BCUT2D eigenvalue weighted by molar-refractivity contribution is 5.81. The van der Waals surface area contributed by atoms with E-state index < -0.39 is 0 Å². The Morgan fingerprint density at radius 1 is 1.29 bits per heavy atom. The smallest absolute Gasteiger partial charge is 0.330 e. The zero-order valence-electron chi connectivity index (χ0n) is 9.97. The lowest BCUT2D eigenvalue weighted by Gasteiger charge is -2.15. The molecule has 0 radical (unpaired) electrons. The zero-order valence-corrected chi connectivity index (χ0v) is 9.97. The van der Waals surface area contributed by atoms with Crippen LogP contribution in [0.25, 0.3) is 0 Å². The lowest BCUT2D eigenvalue weighted by Crippen LogP contribution is -2.16. The minimum absolute atomic E-state index is 0.113. The lowest BCUT2D eigenvalue weighted by atomic mass is 10.1. The molecule has 0 fully saturated rings. The molecule has 90 valence electrons. The summed E-state index contributed by atoms with van der Waals surface area (Å²) in [7, 11) is 0. The van der Waals surface area contributed by atoms with Crippen LogP contribution < -0.4 is 0 Å². The molecule has 2 nitrogen and oxygen atoms in total. The summed E-state index contributed by atoms with van der Waals surface area (Å²) in [5.41, 5.74) is 1.25. The molecule has 0 saturated carbocycles. The van der Waals surface area contributed by atoms with Gasteiger partial charge in [0.25, 0.3) is 0 Å². The molecule has 1 aromatic carbocycles. The van der Waals surface area contributed by atoms with Gasteiger partial charge in [-0.25, -0.2) is 4.79 Å². The van der Waals surface area contributed by atoms with Gasteiger partial charge in [-0.05, 0) is 18.4 Å². The summed E-state index contributed by atoms with van der Waals surface area (Å²) in [6.45, 7) is 7.06. The molecule has 0 aliphatic carbocycles. The van der Waals surface area contributed by atoms with E-state index in [0.29, 0.717) is 6.42 Å². The molecule has 17 heavy (non-hydrogen) atoms. The summed E-state index contributed by atoms with van der Waals surface area (Å²) >= 11 is 0. The minimum atomic E-state index is -0.370. The largest absolute Gasteiger partial charge is 0.459 e. The van der Waals surface area contributed by atoms with E-state index in [9.17, 15) is 4.79 Å². The maximum Gasteiger partial charge on any atom is 0.330 e. The summed E-state index contributed by atoms with van der Waals surface area (Å²) < 4.78 is 5.23. The second kappa shape index (κ2) is 7.44. The van der Waals surface area contributed by atoms with Crippen LogP contribution >= 0.6 is 0 Å². The molecular formula is C15H18O2. The number of carbonyl (C=O) groups excluding carboxylic acids is 1. The first kappa shape index (κ1) is 13.2. The maximum absolute atomic E-state index is 11.1. The second-order valence-corrected chi connectivity index (χ2v) is 3.81. The van der Waals surface area contributed by atoms with Gasteiger partial charge in [0.05, 0.1) is 0 Å². The van der Waals surface area contributed by atoms with Crippen LogP contribution in [0.2, 0.25) is 0 Å². The van der Waals surface area contributed by atoms with Crippen LogP contribution in [0.5, 0.6) is 0 Å². The summed E-state index contributed by atoms with van der Waals surface area (Å²) in [4.78, 5) is 11.1. The Balaban J connectivity index is 2.46. The van der Waals surface area contributed by atoms with Crippen molar-refractivity contribution in [1.29, 1.82) is 0 Å². The van der Waals surface area contributed by atoms with Crippen LogP contribution in [0, 0.1) is 0 Å². The number of rotatable bonds is 7. The molecule has 0 N–H and O–H groups in total. The zero-order chi connectivity index (χ0) is 12.5. The Bertz CT molecular complexity index is 368. The molecule has 0 spiro atoms. The molecule has 1 atom stereocenters. The highest BCUT2D eigenvalue weighted by Gasteiger charge is 2.10. The third-order valence-corrected chi connectivity index (χ3v) is 2.48. The van der Waals surface area contributed by atoms with Crippen LogP contribution in [0.15, 0.2) is 55.6 Å². The topological polar surface area (TPSA) is 26.3 Å². The fourth-order valence-corrected chi connectivity index (χ4v) is 1.60. The molecule has 0 amide bonds. The Morgan fingerprint density at radius 2 is 2.00 bits per heavy atom. The number of esters is 1. The normalized spacial score (nSPS) is 11.5. The van der Waals surface area contributed by atoms with Crippen molar-refractivity contribution in [2.75, 3.05) is 0 Å². The van der Waals surface area contributed by atoms with Crippen molar-refractivity contribution < 1.29 is 9.53 Å². The first-order valence-corrected chi connectivity index (χ1v) is 5.74. The van der Waals surface area contributed by atoms with Crippen LogP contribution in [-0.2, 0) is 16.0 Å². The minimum Gasteiger partial charge on any atom is -0.459 e. The van der Waals surface area contributed by atoms with E-state index in [2.05, 4.69) is 25.3 Å². The predicted molar refractivity (Wildman–Crippen MR) is 69.7 cm³/mol. The van der Waals surface area contributed by atoms with Crippen molar-refractivity contribution in [3.63, 3.8) is 0 Å². The summed E-state index contributed by atoms with van der Waals surface area (Å²) in [5, 5.41) is 0. The molecule has 0 unspecified atom stereocenters. The van der Waals surface area contributed by atoms with Gasteiger partial charge in [0, 0.05) is 12.5 Å². The Kier molecular flexibility index (Phi) is 5.80. The Hall–Kier alpha value is -1.83. The molecule has 1 aromatic rings. The van der Waals surface area contributed by atoms with Crippen LogP contribution in [0.4, 0.5) is 0 Å². The van der Waals surface area contributed by atoms with Crippen molar-refractivity contribution in [2.24, 2.45) is 0 Å². The third-order valence-electron chi connectivity index (χ3n) is 2.48. The van der Waals surface area contributed by atoms with Gasteiger partial charge in [-0.2, -0.15) is 0 Å². The average molecular weight is 230 g/mol. The van der Waals surface area contributed by atoms with Crippen LogP contribution in [-0.4, -0.2) is 12.1 Å². The molecule has 0 heterocycles. The van der Waals surface area contributed by atoms with Crippen molar-refractivity contribution in [3.8, 4) is 0 Å². The molecule has 2 heteroatoms. The number of carbonyl (C=O) groups is 1. The summed E-state index contributed by atoms with van der Waals surface area (Å²) in [6, 6.07) is 10.1. The van der Waals surface area contributed by atoms with E-state index in [1.54, 1.807) is 6.08 Å². The van der Waals surface area contributed by atoms with Gasteiger partial charge >= 0.3 is 5.97 Å². The first-order valence-electron chi connectivity index (χ1n) is 5.74. The molecule has 0 aliphatic rings. The predicted octanol–water partition coefficient (Wildman–Crippen LogP) is 3.29. The summed E-state index contributed by atoms with van der Waals surface area (Å²) in [6.07, 6.45) is 5.22. The molecule has 0 aliphatic heterocycles. The van der Waals surface area contributed by atoms with Crippen molar-refractivity contribution >= 4 is 5.97 Å². The SMILES string of the molecule is C=CC[C@@H](CCc1ccccc1)OC(=O)C=C. The van der Waals surface area contributed by atoms with Gasteiger partial charge in [-0.3, -0.25) is 0 Å². The van der Waals surface area contributed by atoms with Gasteiger partial charge in [0.1, 0.15) is 6.10 Å². The van der Waals surface area contributed by atoms with Gasteiger partial charge < -0.3 is 4.74 Å². The third kappa shape index (κ3) is 5.16. The van der Waals surface area contributed by atoms with E-state index in [0.717, 1.165) is 12.8 Å². The quantitative estimate of drug-likeness (QED) is 0.408. The highest BCUT2D eigenvalue weighted by Crippen LogP contribution is 2.11. The molecule has 0 saturated heterocycles. The van der Waals surface area contributed by atoms with Gasteiger partial charge in [0.15, 0.2) is 0 Å². The van der Waals surface area contributed by atoms with E-state index in [1.165, 1.54) is 11.6 Å². The summed E-state index contributed by atoms with van der Waals surface area (Å²) in [5.74, 6) is -0.370. The average Bonchev–Trinajstić information content (AvgIpc) is 2.37. The monoisotopic (exact) mass is 230 g/mol. The number of aryl methyl sites for hydroxylation is 1. The molecule has 0 bridgehead atoms. The molecular weight excluding hydrogens is 212 g/mol. The van der Waals surface area contributed by atoms with E-state index in [-0.39, 0.29) is 12.1 Å². The molecule has 0 aromatic heterocycles. The molecule has 1 rings (SSSR count). The van der Waals surface area contributed by atoms with Crippen LogP contribution in [0.1, 0.15) is 18.4 Å². The standard InChI is InChI=1S/C15H18O2/c1-3-8-14(17-15(16)4-2)12-11-13-9-6-5-7-10-13/h3-7,9-10,14H,1-2,8,11-12H2/t14-/m0/s1. The van der Waals surface area contributed by atoms with Crippen molar-refractivity contribution in [2.45, 2.75) is 25.4 Å². The first-order chi connectivity index (χ1) is 8.26. The van der Waals surface area contributed by atoms with Gasteiger partial charge in [-0.15, -0.1) is 6.58 Å². The lowest BCUT2D eigenvalue weighted by molar-refractivity contribution is -0.143. The van der Waals surface area contributed by atoms with Crippen molar-refractivity contribution in [3.05, 3.63) is 61.2 Å². The Labute approximate surface area is 103 Å². The van der Waals surface area contributed by atoms with Gasteiger partial charge in [0.2, 0.25) is 0 Å². The number of ether oxygens (including phenoxy) is 1.